The number of imidazole rings is 1. The van der Waals surface area contributed by atoms with Gasteiger partial charge in [-0.2, -0.15) is 10.5 Å². The second-order valence-electron chi connectivity index (χ2n) is 11.5. The molecule has 1 N–H and O–H groups in total. The second-order valence-corrected chi connectivity index (χ2v) is 11.5. The van der Waals surface area contributed by atoms with Gasteiger partial charge in [-0.3, -0.25) is 9.69 Å². The lowest BCUT2D eigenvalue weighted by atomic mass is 10.1. The van der Waals surface area contributed by atoms with Crippen molar-refractivity contribution in [3.63, 3.8) is 0 Å². The summed E-state index contributed by atoms with van der Waals surface area (Å²) in [5.74, 6) is 0.259. The highest BCUT2D eigenvalue weighted by molar-refractivity contribution is 5.74. The van der Waals surface area contributed by atoms with Crippen molar-refractivity contribution in [2.45, 2.75) is 77.2 Å². The van der Waals surface area contributed by atoms with Crippen LogP contribution >= 0.6 is 0 Å². The van der Waals surface area contributed by atoms with Gasteiger partial charge < -0.3 is 19.1 Å². The van der Waals surface area contributed by atoms with Crippen LogP contribution in [0.2, 0.25) is 0 Å². The van der Waals surface area contributed by atoms with E-state index >= 15 is 0 Å². The van der Waals surface area contributed by atoms with E-state index in [1.807, 2.05) is 36.4 Å². The molecule has 0 amide bonds. The Morgan fingerprint density at radius 3 is 2.61 bits per heavy atom. The molecule has 238 valence electrons. The third-order valence-electron chi connectivity index (χ3n) is 8.04. The fraction of sp³-hybridized carbons (Fsp3) is 0.400. The summed E-state index contributed by atoms with van der Waals surface area (Å²) in [6.07, 6.45) is 5.98. The first-order chi connectivity index (χ1) is 22.4. The van der Waals surface area contributed by atoms with E-state index in [2.05, 4.69) is 20.5 Å². The van der Waals surface area contributed by atoms with Crippen molar-refractivity contribution in [3.8, 4) is 23.6 Å². The molecular weight excluding hydrogens is 587 g/mol. The number of halogens is 1. The summed E-state index contributed by atoms with van der Waals surface area (Å²) in [7, 11) is 0. The summed E-state index contributed by atoms with van der Waals surface area (Å²) in [4.78, 5) is 23.2. The first-order valence-electron chi connectivity index (χ1n) is 15.7. The number of hydrogen-bond acceptors (Lipinski definition) is 8. The van der Waals surface area contributed by atoms with E-state index in [1.165, 1.54) is 12.1 Å². The molecule has 0 saturated carbocycles. The van der Waals surface area contributed by atoms with Gasteiger partial charge in [-0.25, -0.2) is 14.4 Å². The predicted molar refractivity (Wildman–Crippen MR) is 168 cm³/mol. The number of aryl methyl sites for hydroxylation is 1. The summed E-state index contributed by atoms with van der Waals surface area (Å²) >= 11 is 0. The van der Waals surface area contributed by atoms with Gasteiger partial charge in [0.2, 0.25) is 0 Å². The van der Waals surface area contributed by atoms with Crippen molar-refractivity contribution in [2.75, 3.05) is 13.1 Å². The summed E-state index contributed by atoms with van der Waals surface area (Å²) in [5, 5.41) is 27.0. The average Bonchev–Trinajstić information content (AvgIpc) is 3.38. The number of likely N-dealkylation sites (tertiary alicyclic amines) is 1. The lowest BCUT2D eigenvalue weighted by Gasteiger charge is -2.32. The summed E-state index contributed by atoms with van der Waals surface area (Å²) in [5.41, 5.74) is 3.08. The van der Waals surface area contributed by atoms with Crippen molar-refractivity contribution in [2.24, 2.45) is 0 Å². The number of aliphatic carboxylic acids is 1. The molecule has 2 aromatic heterocycles. The number of benzene rings is 2. The van der Waals surface area contributed by atoms with Gasteiger partial charge in [0.15, 0.2) is 17.2 Å². The number of carbonyl (C=O) groups is 1. The molecule has 10 nitrogen and oxygen atoms in total. The van der Waals surface area contributed by atoms with Crippen molar-refractivity contribution in [1.82, 2.24) is 19.4 Å². The Labute approximate surface area is 267 Å². The van der Waals surface area contributed by atoms with Crippen LogP contribution < -0.4 is 9.47 Å². The Balaban J connectivity index is 1.17. The number of hydrogen-bond donors (Lipinski definition) is 1. The zero-order valence-electron chi connectivity index (χ0n) is 25.7. The molecular formula is C35H37FN6O4. The number of carboxylic acids is 1. The maximum absolute atomic E-state index is 14.2. The first-order valence-corrected chi connectivity index (χ1v) is 15.7. The number of piperidine rings is 1. The van der Waals surface area contributed by atoms with E-state index in [1.54, 1.807) is 6.07 Å². The Morgan fingerprint density at radius 2 is 1.85 bits per heavy atom. The topological polar surface area (TPSA) is 137 Å². The molecule has 46 heavy (non-hydrogen) atoms. The fourth-order valence-corrected chi connectivity index (χ4v) is 5.66. The normalized spacial score (nSPS) is 13.7. The monoisotopic (exact) mass is 624 g/mol. The van der Waals surface area contributed by atoms with Crippen LogP contribution in [0.1, 0.15) is 67.6 Å². The zero-order valence-corrected chi connectivity index (χ0v) is 25.7. The molecule has 0 radical (unpaired) electrons. The highest BCUT2D eigenvalue weighted by atomic mass is 19.1. The van der Waals surface area contributed by atoms with E-state index in [4.69, 9.17) is 25.0 Å². The molecule has 1 fully saturated rings. The van der Waals surface area contributed by atoms with Gasteiger partial charge in [0, 0.05) is 26.1 Å². The highest BCUT2D eigenvalue weighted by Crippen LogP contribution is 2.25. The Bertz CT molecular complexity index is 1740. The second kappa shape index (κ2) is 15.8. The number of nitrogens with zero attached hydrogens (tertiary/aromatic N) is 6. The number of nitriles is 2. The number of rotatable bonds is 15. The van der Waals surface area contributed by atoms with Crippen LogP contribution in [0.3, 0.4) is 0 Å². The van der Waals surface area contributed by atoms with Crippen LogP contribution in [0.15, 0.2) is 54.6 Å². The third kappa shape index (κ3) is 8.80. The minimum Gasteiger partial charge on any atom is -0.490 e. The molecule has 1 aliphatic heterocycles. The fourth-order valence-electron chi connectivity index (χ4n) is 5.66. The van der Waals surface area contributed by atoms with Gasteiger partial charge in [0.05, 0.1) is 36.4 Å². The molecule has 4 aromatic rings. The molecule has 0 atom stereocenters. The number of fused-ring (bicyclic) bond motifs is 1. The van der Waals surface area contributed by atoms with Gasteiger partial charge in [0.1, 0.15) is 29.8 Å². The maximum atomic E-state index is 14.2. The minimum atomic E-state index is -0.917. The first kappa shape index (κ1) is 32.4. The highest BCUT2D eigenvalue weighted by Gasteiger charge is 2.23. The molecule has 0 spiro atoms. The van der Waals surface area contributed by atoms with E-state index in [-0.39, 0.29) is 30.4 Å². The Hall–Kier alpha value is -5.00. The number of pyridine rings is 1. The molecule has 0 bridgehead atoms. The minimum absolute atomic E-state index is 0.0517. The van der Waals surface area contributed by atoms with Crippen molar-refractivity contribution < 1.29 is 23.8 Å². The summed E-state index contributed by atoms with van der Waals surface area (Å²) in [6.45, 7) is 3.23. The van der Waals surface area contributed by atoms with Gasteiger partial charge in [0.25, 0.3) is 0 Å². The molecule has 0 aliphatic carbocycles. The van der Waals surface area contributed by atoms with Crippen LogP contribution in [-0.2, 0) is 30.9 Å². The SMILES string of the molecule is N#CCCCCCCn1c(CN2CCC(Oc3cccc(COc4ccc(C#N)cc4F)c3)CC2)nc2ccc(CC(=O)O)nc21. The summed E-state index contributed by atoms with van der Waals surface area (Å²) < 4.78 is 28.3. The number of aromatic nitrogens is 3. The molecule has 1 aliphatic rings. The van der Waals surface area contributed by atoms with Crippen molar-refractivity contribution >= 4 is 17.1 Å². The largest absolute Gasteiger partial charge is 0.490 e. The molecule has 0 unspecified atom stereocenters. The lowest BCUT2D eigenvalue weighted by molar-refractivity contribution is -0.136. The van der Waals surface area contributed by atoms with Crippen LogP contribution in [-0.4, -0.2) is 49.7 Å². The maximum Gasteiger partial charge on any atom is 0.309 e. The predicted octanol–water partition coefficient (Wildman–Crippen LogP) is 6.17. The van der Waals surface area contributed by atoms with Crippen LogP contribution in [0, 0.1) is 28.5 Å². The smallest absolute Gasteiger partial charge is 0.309 e. The van der Waals surface area contributed by atoms with Crippen LogP contribution in [0.25, 0.3) is 11.2 Å². The van der Waals surface area contributed by atoms with Gasteiger partial charge in [-0.15, -0.1) is 0 Å². The van der Waals surface area contributed by atoms with Crippen LogP contribution in [0.5, 0.6) is 11.5 Å². The van der Waals surface area contributed by atoms with Gasteiger partial charge >= 0.3 is 5.97 Å². The zero-order chi connectivity index (χ0) is 32.3. The van der Waals surface area contributed by atoms with E-state index < -0.39 is 11.8 Å². The quantitative estimate of drug-likeness (QED) is 0.154. The molecule has 2 aromatic carbocycles. The molecule has 3 heterocycles. The van der Waals surface area contributed by atoms with Gasteiger partial charge in [-0.1, -0.05) is 25.0 Å². The Kier molecular flexibility index (Phi) is 11.1. The molecule has 11 heteroatoms. The average molecular weight is 625 g/mol. The van der Waals surface area contributed by atoms with Gasteiger partial charge in [-0.05, 0) is 73.7 Å². The van der Waals surface area contributed by atoms with E-state index in [9.17, 15) is 14.3 Å². The molecule has 1 saturated heterocycles. The van der Waals surface area contributed by atoms with Crippen LogP contribution in [0.4, 0.5) is 4.39 Å². The van der Waals surface area contributed by atoms with Crippen molar-refractivity contribution in [1.29, 1.82) is 10.5 Å². The summed E-state index contributed by atoms with van der Waals surface area (Å²) in [6, 6.07) is 19.4. The number of unbranched alkanes of at least 4 members (excludes halogenated alkanes) is 4. The third-order valence-corrected chi connectivity index (χ3v) is 8.04. The number of carboxylic acid groups (broad SMARTS) is 1. The van der Waals surface area contributed by atoms with E-state index in [0.717, 1.165) is 92.5 Å². The lowest BCUT2D eigenvalue weighted by Crippen LogP contribution is -2.38. The number of ether oxygens (including phenoxy) is 2. The molecule has 5 rings (SSSR count). The van der Waals surface area contributed by atoms with E-state index in [0.29, 0.717) is 18.7 Å². The standard InChI is InChI=1S/C35H37FN6O4/c36-30-20-25(22-38)9-12-32(30)45-24-26-7-6-8-29(19-26)46-28-13-17-41(18-14-28)23-33-40-31-11-10-27(21-34(43)44)39-35(31)42(33)16-5-3-1-2-4-15-37/h6-12,19-20,28H,1-5,13-14,16-18,21,23-24H2,(H,43,44). The van der Waals surface area contributed by atoms with Crippen molar-refractivity contribution in [3.05, 3.63) is 83.1 Å². The Morgan fingerprint density at radius 1 is 1.02 bits per heavy atom.